The molecule has 0 saturated carbocycles. The van der Waals surface area contributed by atoms with Gasteiger partial charge in [-0.05, 0) is 43.9 Å². The first kappa shape index (κ1) is 30.7. The number of rotatable bonds is 14. The lowest BCUT2D eigenvalue weighted by molar-refractivity contribution is -0.156. The molecule has 202 valence electrons. The van der Waals surface area contributed by atoms with E-state index in [0.29, 0.717) is 24.8 Å². The van der Waals surface area contributed by atoms with Crippen molar-refractivity contribution >= 4 is 24.2 Å². The molecule has 0 amide bonds. The van der Waals surface area contributed by atoms with Gasteiger partial charge in [0.25, 0.3) is 0 Å². The van der Waals surface area contributed by atoms with E-state index >= 15 is 0 Å². The van der Waals surface area contributed by atoms with Gasteiger partial charge in [0.2, 0.25) is 0 Å². The van der Waals surface area contributed by atoms with E-state index in [2.05, 4.69) is 0 Å². The van der Waals surface area contributed by atoms with Gasteiger partial charge in [-0.25, -0.2) is 9.59 Å². The second kappa shape index (κ2) is 14.9. The minimum absolute atomic E-state index is 0.117. The average Bonchev–Trinajstić information content (AvgIpc) is 2.82. The standard InChI is InChI=1S/C25H37NO10/c1-6-11-32-23(30)35-19-10-9-18(13-20(19)36-24(31)33-12-7-2)15-25(26,22(28)29)14-17(5)34-21(27)16(4)8-3/h9-10,13,16-17H,6-8,11-12,14-15,26H2,1-5H3,(H,28,29)/t16?,17-,25?/m0/s1. The van der Waals surface area contributed by atoms with Gasteiger partial charge in [-0.1, -0.05) is 33.8 Å². The highest BCUT2D eigenvalue weighted by Gasteiger charge is 2.37. The highest BCUT2D eigenvalue weighted by Crippen LogP contribution is 2.31. The van der Waals surface area contributed by atoms with E-state index in [9.17, 15) is 24.3 Å². The van der Waals surface area contributed by atoms with E-state index in [0.717, 1.165) is 0 Å². The first-order chi connectivity index (χ1) is 16.9. The lowest BCUT2D eigenvalue weighted by atomic mass is 9.86. The number of carboxylic acids is 1. The molecule has 36 heavy (non-hydrogen) atoms. The molecule has 3 N–H and O–H groups in total. The highest BCUT2D eigenvalue weighted by atomic mass is 16.7. The fraction of sp³-hybridized carbons (Fsp3) is 0.600. The van der Waals surface area contributed by atoms with E-state index in [4.69, 9.17) is 29.4 Å². The summed E-state index contributed by atoms with van der Waals surface area (Å²) in [6, 6.07) is 4.14. The number of esters is 1. The number of carbonyl (C=O) groups is 4. The normalized spacial score (nSPS) is 14.1. The summed E-state index contributed by atoms with van der Waals surface area (Å²) in [5.41, 5.74) is 4.78. The molecule has 0 heterocycles. The van der Waals surface area contributed by atoms with E-state index in [1.54, 1.807) is 20.8 Å². The summed E-state index contributed by atoms with van der Waals surface area (Å²) in [5.74, 6) is -2.36. The van der Waals surface area contributed by atoms with Crippen LogP contribution in [-0.2, 0) is 30.2 Å². The van der Waals surface area contributed by atoms with Crippen LogP contribution in [0, 0.1) is 5.92 Å². The third kappa shape index (κ3) is 10.1. The predicted molar refractivity (Wildman–Crippen MR) is 129 cm³/mol. The zero-order valence-corrected chi connectivity index (χ0v) is 21.5. The number of carbonyl (C=O) groups excluding carboxylic acids is 3. The molecule has 11 heteroatoms. The summed E-state index contributed by atoms with van der Waals surface area (Å²) >= 11 is 0. The quantitative estimate of drug-likeness (QED) is 0.209. The number of hydrogen-bond acceptors (Lipinski definition) is 10. The van der Waals surface area contributed by atoms with Crippen molar-refractivity contribution in [1.29, 1.82) is 0 Å². The van der Waals surface area contributed by atoms with E-state index in [1.165, 1.54) is 18.2 Å². The Kier molecular flexibility index (Phi) is 12.7. The summed E-state index contributed by atoms with van der Waals surface area (Å²) in [6.45, 7) is 9.01. The largest absolute Gasteiger partial charge is 0.513 e. The molecule has 0 aromatic heterocycles. The second-order valence-corrected chi connectivity index (χ2v) is 8.58. The molecule has 0 fully saturated rings. The van der Waals surface area contributed by atoms with Crippen molar-refractivity contribution in [2.24, 2.45) is 11.7 Å². The Morgan fingerprint density at radius 1 is 0.944 bits per heavy atom. The van der Waals surface area contributed by atoms with Gasteiger partial charge in [-0.15, -0.1) is 0 Å². The number of hydrogen-bond donors (Lipinski definition) is 2. The molecule has 1 rings (SSSR count). The number of carboxylic acid groups (broad SMARTS) is 1. The van der Waals surface area contributed by atoms with Gasteiger partial charge >= 0.3 is 24.2 Å². The maximum atomic E-state index is 12.1. The minimum atomic E-state index is -1.81. The molecule has 0 aliphatic rings. The predicted octanol–water partition coefficient (Wildman–Crippen LogP) is 4.23. The van der Waals surface area contributed by atoms with Crippen LogP contribution in [0.5, 0.6) is 11.5 Å². The van der Waals surface area contributed by atoms with Crippen LogP contribution in [0.3, 0.4) is 0 Å². The summed E-state index contributed by atoms with van der Waals surface area (Å²) in [6.07, 6.45) is -1.41. The van der Waals surface area contributed by atoms with Gasteiger partial charge < -0.3 is 34.5 Å². The SMILES string of the molecule is CCCOC(=O)Oc1ccc(CC(N)(C[C@H](C)OC(=O)C(C)CC)C(=O)O)cc1OC(=O)OCCC. The van der Waals surface area contributed by atoms with Crippen LogP contribution in [-0.4, -0.2) is 54.2 Å². The van der Waals surface area contributed by atoms with Crippen LogP contribution in [0.1, 0.15) is 65.9 Å². The molecule has 0 aliphatic heterocycles. The Morgan fingerprint density at radius 2 is 1.50 bits per heavy atom. The first-order valence-corrected chi connectivity index (χ1v) is 12.0. The van der Waals surface area contributed by atoms with Crippen LogP contribution >= 0.6 is 0 Å². The first-order valence-electron chi connectivity index (χ1n) is 12.0. The summed E-state index contributed by atoms with van der Waals surface area (Å²) in [7, 11) is 0. The second-order valence-electron chi connectivity index (χ2n) is 8.58. The molecular formula is C25H37NO10. The van der Waals surface area contributed by atoms with Crippen molar-refractivity contribution in [3.8, 4) is 11.5 Å². The van der Waals surface area contributed by atoms with Crippen molar-refractivity contribution in [2.75, 3.05) is 13.2 Å². The van der Waals surface area contributed by atoms with Crippen LogP contribution in [0.4, 0.5) is 9.59 Å². The molecular weight excluding hydrogens is 474 g/mol. The maximum absolute atomic E-state index is 12.1. The Balaban J connectivity index is 3.15. The molecule has 1 aromatic carbocycles. The molecule has 0 saturated heterocycles. The van der Waals surface area contributed by atoms with E-state index in [1.807, 2.05) is 13.8 Å². The van der Waals surface area contributed by atoms with E-state index < -0.39 is 35.9 Å². The number of ether oxygens (including phenoxy) is 5. The minimum Gasteiger partial charge on any atom is -0.480 e. The fourth-order valence-electron chi connectivity index (χ4n) is 3.07. The highest BCUT2D eigenvalue weighted by molar-refractivity contribution is 5.79. The molecule has 1 aromatic rings. The molecule has 0 spiro atoms. The summed E-state index contributed by atoms with van der Waals surface area (Å²) in [5, 5.41) is 9.84. The number of aliphatic carboxylic acids is 1. The Labute approximate surface area is 211 Å². The van der Waals surface area contributed by atoms with Crippen LogP contribution in [0.2, 0.25) is 0 Å². The van der Waals surface area contributed by atoms with E-state index in [-0.39, 0.29) is 43.5 Å². The summed E-state index contributed by atoms with van der Waals surface area (Å²) < 4.78 is 25.5. The zero-order valence-electron chi connectivity index (χ0n) is 21.5. The Bertz CT molecular complexity index is 903. The van der Waals surface area contributed by atoms with Gasteiger partial charge in [-0.3, -0.25) is 9.59 Å². The third-order valence-corrected chi connectivity index (χ3v) is 5.17. The monoisotopic (exact) mass is 511 g/mol. The van der Waals surface area contributed by atoms with Gasteiger partial charge in [0.05, 0.1) is 19.1 Å². The lowest BCUT2D eigenvalue weighted by Gasteiger charge is -2.28. The third-order valence-electron chi connectivity index (χ3n) is 5.17. The lowest BCUT2D eigenvalue weighted by Crippen LogP contribution is -2.52. The molecule has 3 atom stereocenters. The van der Waals surface area contributed by atoms with Crippen molar-refractivity contribution in [2.45, 2.75) is 78.4 Å². The smallest absolute Gasteiger partial charge is 0.480 e. The van der Waals surface area contributed by atoms with Crippen molar-refractivity contribution in [3.05, 3.63) is 23.8 Å². The molecule has 0 aliphatic carbocycles. The van der Waals surface area contributed by atoms with Crippen LogP contribution in [0.25, 0.3) is 0 Å². The van der Waals surface area contributed by atoms with Crippen LogP contribution in [0.15, 0.2) is 18.2 Å². The van der Waals surface area contributed by atoms with Gasteiger partial charge in [0.1, 0.15) is 11.6 Å². The van der Waals surface area contributed by atoms with Crippen molar-refractivity contribution in [3.63, 3.8) is 0 Å². The Hall–Kier alpha value is -3.34. The Morgan fingerprint density at radius 3 is 2.00 bits per heavy atom. The molecule has 0 bridgehead atoms. The number of nitrogens with two attached hydrogens (primary N) is 1. The topological polar surface area (TPSA) is 161 Å². The molecule has 11 nitrogen and oxygen atoms in total. The summed E-state index contributed by atoms with van der Waals surface area (Å²) in [4.78, 5) is 48.1. The van der Waals surface area contributed by atoms with Gasteiger partial charge in [0, 0.05) is 12.8 Å². The molecule has 2 unspecified atom stereocenters. The van der Waals surface area contributed by atoms with Crippen molar-refractivity contribution in [1.82, 2.24) is 0 Å². The number of benzene rings is 1. The molecule has 0 radical (unpaired) electrons. The maximum Gasteiger partial charge on any atom is 0.513 e. The van der Waals surface area contributed by atoms with Gasteiger partial charge in [0.15, 0.2) is 11.5 Å². The van der Waals surface area contributed by atoms with Crippen molar-refractivity contribution < 1.29 is 48.0 Å². The zero-order chi connectivity index (χ0) is 27.3. The van der Waals surface area contributed by atoms with Crippen LogP contribution < -0.4 is 15.2 Å². The fourth-order valence-corrected chi connectivity index (χ4v) is 3.07. The van der Waals surface area contributed by atoms with Gasteiger partial charge in [-0.2, -0.15) is 0 Å². The average molecular weight is 512 g/mol.